The van der Waals surface area contributed by atoms with E-state index in [2.05, 4.69) is 10.3 Å². The molecule has 0 amide bonds. The van der Waals surface area contributed by atoms with Crippen molar-refractivity contribution >= 4 is 5.69 Å². The number of hydrogen-bond acceptors (Lipinski definition) is 2. The summed E-state index contributed by atoms with van der Waals surface area (Å²) in [5.74, 6) is -0.195. The van der Waals surface area contributed by atoms with Gasteiger partial charge in [-0.25, -0.2) is 4.39 Å². The number of aryl methyl sites for hydroxylation is 2. The molecule has 88 valence electrons. The predicted molar refractivity (Wildman–Crippen MR) is 67.4 cm³/mol. The maximum Gasteiger partial charge on any atom is 0.149 e. The van der Waals surface area contributed by atoms with E-state index in [9.17, 15) is 4.39 Å². The van der Waals surface area contributed by atoms with E-state index in [-0.39, 0.29) is 5.82 Å². The zero-order valence-electron chi connectivity index (χ0n) is 10.00. The molecule has 0 saturated carbocycles. The summed E-state index contributed by atoms with van der Waals surface area (Å²) in [7, 11) is 0. The average molecular weight is 230 g/mol. The Hall–Kier alpha value is -1.90. The van der Waals surface area contributed by atoms with E-state index in [0.29, 0.717) is 17.8 Å². The Balaban J connectivity index is 2.07. The highest BCUT2D eigenvalue weighted by Gasteiger charge is 2.04. The van der Waals surface area contributed by atoms with Crippen LogP contribution in [0.25, 0.3) is 0 Å². The molecule has 2 aromatic rings. The van der Waals surface area contributed by atoms with Gasteiger partial charge in [0, 0.05) is 6.20 Å². The Morgan fingerprint density at radius 3 is 2.71 bits per heavy atom. The van der Waals surface area contributed by atoms with Gasteiger partial charge in [-0.1, -0.05) is 18.2 Å². The molecule has 0 spiro atoms. The van der Waals surface area contributed by atoms with Crippen molar-refractivity contribution in [2.75, 3.05) is 5.32 Å². The van der Waals surface area contributed by atoms with Gasteiger partial charge in [-0.2, -0.15) is 0 Å². The third-order valence-electron chi connectivity index (χ3n) is 2.62. The molecule has 1 N–H and O–H groups in total. The topological polar surface area (TPSA) is 24.9 Å². The zero-order valence-corrected chi connectivity index (χ0v) is 10.00. The van der Waals surface area contributed by atoms with Gasteiger partial charge in [-0.05, 0) is 37.1 Å². The van der Waals surface area contributed by atoms with Gasteiger partial charge in [0.15, 0.2) is 0 Å². The molecule has 0 fully saturated rings. The van der Waals surface area contributed by atoms with Crippen LogP contribution >= 0.6 is 0 Å². The molecule has 0 aliphatic carbocycles. The molecule has 0 bridgehead atoms. The van der Waals surface area contributed by atoms with E-state index >= 15 is 0 Å². The lowest BCUT2D eigenvalue weighted by atomic mass is 10.2. The van der Waals surface area contributed by atoms with E-state index in [1.807, 2.05) is 31.3 Å². The molecule has 0 aliphatic heterocycles. The van der Waals surface area contributed by atoms with Crippen LogP contribution in [-0.2, 0) is 6.54 Å². The lowest BCUT2D eigenvalue weighted by molar-refractivity contribution is 0.621. The lowest BCUT2D eigenvalue weighted by Gasteiger charge is -2.08. The largest absolute Gasteiger partial charge is 0.377 e. The Kier molecular flexibility index (Phi) is 3.38. The first-order valence-electron chi connectivity index (χ1n) is 5.57. The van der Waals surface area contributed by atoms with Crippen LogP contribution in [0.3, 0.4) is 0 Å². The Labute approximate surface area is 101 Å². The molecule has 1 aromatic heterocycles. The maximum absolute atomic E-state index is 13.7. The maximum atomic E-state index is 13.7. The van der Waals surface area contributed by atoms with Gasteiger partial charge in [-0.3, -0.25) is 4.98 Å². The normalized spacial score (nSPS) is 10.3. The number of pyridine rings is 1. The van der Waals surface area contributed by atoms with Crippen molar-refractivity contribution in [1.82, 2.24) is 4.98 Å². The molecule has 0 unspecified atom stereocenters. The highest BCUT2D eigenvalue weighted by Crippen LogP contribution is 2.17. The third-order valence-corrected chi connectivity index (χ3v) is 2.62. The second kappa shape index (κ2) is 4.95. The summed E-state index contributed by atoms with van der Waals surface area (Å²) in [6.07, 6.45) is 1.81. The van der Waals surface area contributed by atoms with E-state index < -0.39 is 0 Å². The molecule has 1 aromatic carbocycles. The van der Waals surface area contributed by atoms with Crippen molar-refractivity contribution < 1.29 is 4.39 Å². The third kappa shape index (κ3) is 2.81. The highest BCUT2D eigenvalue weighted by molar-refractivity contribution is 5.47. The van der Waals surface area contributed by atoms with E-state index in [4.69, 9.17) is 0 Å². The minimum atomic E-state index is -0.195. The van der Waals surface area contributed by atoms with Crippen LogP contribution in [0.1, 0.15) is 16.8 Å². The molecule has 0 aliphatic rings. The number of aromatic nitrogens is 1. The van der Waals surface area contributed by atoms with Crippen molar-refractivity contribution in [3.63, 3.8) is 0 Å². The van der Waals surface area contributed by atoms with Gasteiger partial charge in [0.05, 0.1) is 17.9 Å². The molecule has 0 saturated heterocycles. The van der Waals surface area contributed by atoms with Crippen molar-refractivity contribution in [3.05, 3.63) is 59.2 Å². The predicted octanol–water partition coefficient (Wildman–Crippen LogP) is 3.45. The summed E-state index contributed by atoms with van der Waals surface area (Å²) >= 11 is 0. The molecule has 0 radical (unpaired) electrons. The van der Waals surface area contributed by atoms with Gasteiger partial charge in [-0.15, -0.1) is 0 Å². The summed E-state index contributed by atoms with van der Waals surface area (Å²) in [4.78, 5) is 4.26. The Morgan fingerprint density at radius 2 is 2.00 bits per heavy atom. The van der Waals surface area contributed by atoms with Crippen LogP contribution in [0, 0.1) is 19.7 Å². The van der Waals surface area contributed by atoms with E-state index in [1.54, 1.807) is 19.1 Å². The van der Waals surface area contributed by atoms with Crippen LogP contribution < -0.4 is 5.32 Å². The lowest BCUT2D eigenvalue weighted by Crippen LogP contribution is -2.03. The van der Waals surface area contributed by atoms with Gasteiger partial charge in [0.25, 0.3) is 0 Å². The second-order valence-electron chi connectivity index (χ2n) is 4.12. The molecular formula is C14H15FN2. The van der Waals surface area contributed by atoms with Crippen LogP contribution in [-0.4, -0.2) is 4.98 Å². The fourth-order valence-electron chi connectivity index (χ4n) is 1.57. The van der Waals surface area contributed by atoms with Crippen molar-refractivity contribution in [3.8, 4) is 0 Å². The minimum absolute atomic E-state index is 0.195. The first kappa shape index (κ1) is 11.6. The number of nitrogens with zero attached hydrogens (tertiary/aromatic N) is 1. The number of hydrogen-bond donors (Lipinski definition) is 1. The molecule has 1 heterocycles. The molecular weight excluding hydrogens is 215 g/mol. The smallest absolute Gasteiger partial charge is 0.149 e. The number of rotatable bonds is 3. The van der Waals surface area contributed by atoms with E-state index in [1.165, 1.54) is 0 Å². The summed E-state index contributed by atoms with van der Waals surface area (Å²) in [6, 6.07) is 9.26. The monoisotopic (exact) mass is 230 g/mol. The fourth-order valence-corrected chi connectivity index (χ4v) is 1.57. The van der Waals surface area contributed by atoms with E-state index in [0.717, 1.165) is 11.3 Å². The Bertz CT molecular complexity index is 506. The molecule has 0 atom stereocenters. The van der Waals surface area contributed by atoms with Gasteiger partial charge >= 0.3 is 0 Å². The number of benzene rings is 1. The molecule has 2 rings (SSSR count). The summed E-state index contributed by atoms with van der Waals surface area (Å²) in [5, 5.41) is 3.05. The van der Waals surface area contributed by atoms with Crippen molar-refractivity contribution in [2.45, 2.75) is 20.4 Å². The minimum Gasteiger partial charge on any atom is -0.377 e. The molecule has 3 heteroatoms. The number of halogens is 1. The fraction of sp³-hybridized carbons (Fsp3) is 0.214. The van der Waals surface area contributed by atoms with Gasteiger partial charge in [0.1, 0.15) is 5.82 Å². The van der Waals surface area contributed by atoms with Crippen LogP contribution in [0.2, 0.25) is 0 Å². The standard InChI is InChI=1S/C14H15FN2/c1-10-6-7-12(16-8-10)9-17-13-5-3-4-11(2)14(13)15/h3-8,17H,9H2,1-2H3. The average Bonchev–Trinajstić information content (AvgIpc) is 2.33. The van der Waals surface area contributed by atoms with Crippen LogP contribution in [0.15, 0.2) is 36.5 Å². The van der Waals surface area contributed by atoms with Crippen molar-refractivity contribution in [1.29, 1.82) is 0 Å². The molecule has 2 nitrogen and oxygen atoms in total. The van der Waals surface area contributed by atoms with Crippen LogP contribution in [0.4, 0.5) is 10.1 Å². The second-order valence-corrected chi connectivity index (χ2v) is 4.12. The number of anilines is 1. The van der Waals surface area contributed by atoms with Crippen molar-refractivity contribution in [2.24, 2.45) is 0 Å². The summed E-state index contributed by atoms with van der Waals surface area (Å²) in [5.41, 5.74) is 3.19. The first-order valence-corrected chi connectivity index (χ1v) is 5.57. The van der Waals surface area contributed by atoms with Gasteiger partial charge < -0.3 is 5.32 Å². The number of nitrogens with one attached hydrogen (secondary N) is 1. The quantitative estimate of drug-likeness (QED) is 0.873. The first-order chi connectivity index (χ1) is 8.16. The molecule has 17 heavy (non-hydrogen) atoms. The SMILES string of the molecule is Cc1ccc(CNc2cccc(C)c2F)nc1. The Morgan fingerprint density at radius 1 is 1.18 bits per heavy atom. The highest BCUT2D eigenvalue weighted by atomic mass is 19.1. The van der Waals surface area contributed by atoms with Crippen LogP contribution in [0.5, 0.6) is 0 Å². The summed E-state index contributed by atoms with van der Waals surface area (Å²) < 4.78 is 13.7. The zero-order chi connectivity index (χ0) is 12.3. The van der Waals surface area contributed by atoms with Gasteiger partial charge in [0.2, 0.25) is 0 Å². The summed E-state index contributed by atoms with van der Waals surface area (Å²) in [6.45, 7) is 4.27.